The summed E-state index contributed by atoms with van der Waals surface area (Å²) < 4.78 is 6.46. The minimum atomic E-state index is -1.14. The van der Waals surface area contributed by atoms with Gasteiger partial charge in [0.2, 0.25) is 0 Å². The summed E-state index contributed by atoms with van der Waals surface area (Å²) in [4.78, 5) is 36.3. The van der Waals surface area contributed by atoms with Crippen molar-refractivity contribution < 1.29 is 24.2 Å². The molecule has 6 nitrogen and oxygen atoms in total. The molecule has 29 heavy (non-hydrogen) atoms. The number of Topliss-reactive ketones (excluding diaryl/α,β-unsaturated/α-hetero) is 1. The largest absolute Gasteiger partial charge is 0.483 e. The van der Waals surface area contributed by atoms with Gasteiger partial charge in [-0.15, -0.1) is 0 Å². The number of benzene rings is 2. The summed E-state index contributed by atoms with van der Waals surface area (Å²) >= 11 is 3.22. The van der Waals surface area contributed by atoms with Crippen molar-refractivity contribution in [3.63, 3.8) is 0 Å². The van der Waals surface area contributed by atoms with Gasteiger partial charge in [-0.2, -0.15) is 0 Å². The molecule has 0 fully saturated rings. The summed E-state index contributed by atoms with van der Waals surface area (Å²) in [5.41, 5.74) is 0.479. The fourth-order valence-corrected chi connectivity index (χ4v) is 3.19. The van der Waals surface area contributed by atoms with Crippen molar-refractivity contribution in [3.8, 4) is 5.75 Å². The number of amides is 1. The zero-order valence-corrected chi connectivity index (χ0v) is 18.0. The Bertz CT molecular complexity index is 897. The van der Waals surface area contributed by atoms with E-state index in [1.165, 1.54) is 12.1 Å². The SMILES string of the molecule is CCCC(=O)C(CCC)Oc1cccc(C(=O)Nc2ccc(Br)cc2C(=O)O)c1. The number of carboxylic acid groups (broad SMARTS) is 1. The van der Waals surface area contributed by atoms with Gasteiger partial charge in [-0.3, -0.25) is 9.59 Å². The van der Waals surface area contributed by atoms with Crippen LogP contribution in [0.3, 0.4) is 0 Å². The highest BCUT2D eigenvalue weighted by Gasteiger charge is 2.19. The van der Waals surface area contributed by atoms with E-state index < -0.39 is 18.0 Å². The molecule has 2 N–H and O–H groups in total. The molecule has 0 radical (unpaired) electrons. The van der Waals surface area contributed by atoms with Crippen molar-refractivity contribution in [2.45, 2.75) is 45.6 Å². The Morgan fingerprint density at radius 2 is 1.86 bits per heavy atom. The lowest BCUT2D eigenvalue weighted by molar-refractivity contribution is -0.126. The Morgan fingerprint density at radius 3 is 2.52 bits per heavy atom. The van der Waals surface area contributed by atoms with Crippen LogP contribution in [0.1, 0.15) is 60.2 Å². The predicted octanol–water partition coefficient (Wildman–Crippen LogP) is 5.32. The first-order valence-corrected chi connectivity index (χ1v) is 10.3. The maximum Gasteiger partial charge on any atom is 0.337 e. The lowest BCUT2D eigenvalue weighted by atomic mass is 10.1. The molecule has 0 aromatic heterocycles. The molecule has 2 aromatic carbocycles. The van der Waals surface area contributed by atoms with Crippen molar-refractivity contribution >= 4 is 39.3 Å². The minimum Gasteiger partial charge on any atom is -0.483 e. The van der Waals surface area contributed by atoms with E-state index in [1.54, 1.807) is 30.3 Å². The van der Waals surface area contributed by atoms with Gasteiger partial charge in [-0.1, -0.05) is 42.3 Å². The summed E-state index contributed by atoms with van der Waals surface area (Å²) in [7, 11) is 0. The van der Waals surface area contributed by atoms with Crippen molar-refractivity contribution in [2.24, 2.45) is 0 Å². The summed E-state index contributed by atoms with van der Waals surface area (Å²) in [5.74, 6) is -1.14. The number of carboxylic acids is 1. The van der Waals surface area contributed by atoms with Gasteiger partial charge in [0.25, 0.3) is 5.91 Å². The quantitative estimate of drug-likeness (QED) is 0.499. The first-order valence-electron chi connectivity index (χ1n) is 9.49. The van der Waals surface area contributed by atoms with Crippen LogP contribution in [0.2, 0.25) is 0 Å². The maximum atomic E-state index is 12.6. The van der Waals surface area contributed by atoms with Crippen LogP contribution >= 0.6 is 15.9 Å². The Labute approximate surface area is 178 Å². The molecule has 1 atom stereocenters. The zero-order chi connectivity index (χ0) is 21.4. The number of carbonyl (C=O) groups is 3. The summed E-state index contributed by atoms with van der Waals surface area (Å²) in [5, 5.41) is 12.0. The second kappa shape index (κ2) is 10.8. The van der Waals surface area contributed by atoms with Gasteiger partial charge < -0.3 is 15.2 Å². The van der Waals surface area contributed by atoms with E-state index in [2.05, 4.69) is 21.2 Å². The summed E-state index contributed by atoms with van der Waals surface area (Å²) in [6.07, 6.45) is 2.08. The van der Waals surface area contributed by atoms with E-state index in [0.29, 0.717) is 28.6 Å². The van der Waals surface area contributed by atoms with Gasteiger partial charge in [-0.25, -0.2) is 4.79 Å². The zero-order valence-electron chi connectivity index (χ0n) is 16.4. The Kier molecular flexibility index (Phi) is 8.39. The van der Waals surface area contributed by atoms with Gasteiger partial charge in [0, 0.05) is 16.5 Å². The van der Waals surface area contributed by atoms with Crippen LogP contribution < -0.4 is 10.1 Å². The number of hydrogen-bond donors (Lipinski definition) is 2. The third-order valence-corrected chi connectivity index (χ3v) is 4.73. The van der Waals surface area contributed by atoms with Gasteiger partial charge in [0.15, 0.2) is 11.9 Å². The summed E-state index contributed by atoms with van der Waals surface area (Å²) in [6, 6.07) is 11.1. The number of ketones is 1. The third kappa shape index (κ3) is 6.42. The van der Waals surface area contributed by atoms with Crippen LogP contribution in [-0.2, 0) is 4.79 Å². The molecule has 0 saturated carbocycles. The topological polar surface area (TPSA) is 92.7 Å². The number of anilines is 1. The van der Waals surface area contributed by atoms with Gasteiger partial charge >= 0.3 is 5.97 Å². The van der Waals surface area contributed by atoms with Crippen LogP contribution in [0.25, 0.3) is 0 Å². The number of aromatic carboxylic acids is 1. The first-order chi connectivity index (χ1) is 13.8. The van der Waals surface area contributed by atoms with Gasteiger partial charge in [0.05, 0.1) is 11.3 Å². The van der Waals surface area contributed by atoms with Crippen LogP contribution in [0, 0.1) is 0 Å². The molecular weight excluding hydrogens is 438 g/mol. The van der Waals surface area contributed by atoms with Crippen molar-refractivity contribution in [2.75, 3.05) is 5.32 Å². The van der Waals surface area contributed by atoms with Crippen molar-refractivity contribution in [1.29, 1.82) is 0 Å². The fraction of sp³-hybridized carbons (Fsp3) is 0.318. The van der Waals surface area contributed by atoms with Crippen LogP contribution in [0.4, 0.5) is 5.69 Å². The van der Waals surface area contributed by atoms with E-state index in [-0.39, 0.29) is 17.0 Å². The highest BCUT2D eigenvalue weighted by atomic mass is 79.9. The van der Waals surface area contributed by atoms with E-state index >= 15 is 0 Å². The molecule has 7 heteroatoms. The van der Waals surface area contributed by atoms with Crippen molar-refractivity contribution in [3.05, 3.63) is 58.1 Å². The molecule has 0 saturated heterocycles. The molecular formula is C22H24BrNO5. The molecule has 2 rings (SSSR count). The fourth-order valence-electron chi connectivity index (χ4n) is 2.83. The second-order valence-electron chi connectivity index (χ2n) is 6.59. The molecule has 1 unspecified atom stereocenters. The van der Waals surface area contributed by atoms with E-state index in [0.717, 1.165) is 12.8 Å². The normalized spacial score (nSPS) is 11.6. The monoisotopic (exact) mass is 461 g/mol. The first kappa shape index (κ1) is 22.6. The average Bonchev–Trinajstić information content (AvgIpc) is 2.69. The smallest absolute Gasteiger partial charge is 0.337 e. The summed E-state index contributed by atoms with van der Waals surface area (Å²) in [6.45, 7) is 3.93. The lowest BCUT2D eigenvalue weighted by Gasteiger charge is -2.18. The maximum absolute atomic E-state index is 12.6. The molecule has 0 heterocycles. The van der Waals surface area contributed by atoms with Crippen LogP contribution in [0.15, 0.2) is 46.9 Å². The second-order valence-corrected chi connectivity index (χ2v) is 7.50. The molecule has 0 spiro atoms. The van der Waals surface area contributed by atoms with Gasteiger partial charge in [0.1, 0.15) is 5.75 Å². The third-order valence-electron chi connectivity index (χ3n) is 4.24. The number of nitrogens with one attached hydrogen (secondary N) is 1. The minimum absolute atomic E-state index is 0.0201. The molecule has 154 valence electrons. The predicted molar refractivity (Wildman–Crippen MR) is 115 cm³/mol. The van der Waals surface area contributed by atoms with Gasteiger partial charge in [-0.05, 0) is 49.2 Å². The van der Waals surface area contributed by atoms with Crippen LogP contribution in [0.5, 0.6) is 5.75 Å². The molecule has 0 aliphatic carbocycles. The van der Waals surface area contributed by atoms with E-state index in [1.807, 2.05) is 13.8 Å². The molecule has 1 amide bonds. The van der Waals surface area contributed by atoms with Crippen LogP contribution in [-0.4, -0.2) is 28.9 Å². The molecule has 2 aromatic rings. The Hall–Kier alpha value is -2.67. The number of halogens is 1. The van der Waals surface area contributed by atoms with E-state index in [4.69, 9.17) is 4.74 Å². The highest BCUT2D eigenvalue weighted by molar-refractivity contribution is 9.10. The Morgan fingerprint density at radius 1 is 1.10 bits per heavy atom. The number of ether oxygens (including phenoxy) is 1. The molecule has 0 aliphatic rings. The van der Waals surface area contributed by atoms with Crippen molar-refractivity contribution in [1.82, 2.24) is 0 Å². The molecule has 0 bridgehead atoms. The standard InChI is InChI=1S/C22H24BrNO5/c1-3-6-19(25)20(7-4-2)29-16-9-5-8-14(12-16)21(26)24-18-11-10-15(23)13-17(18)22(27)28/h5,8-13,20H,3-4,6-7H2,1-2H3,(H,24,26)(H,27,28). The van der Waals surface area contributed by atoms with E-state index in [9.17, 15) is 19.5 Å². The molecule has 0 aliphatic heterocycles. The lowest BCUT2D eigenvalue weighted by Crippen LogP contribution is -2.27. The average molecular weight is 462 g/mol. The number of rotatable bonds is 10. The number of carbonyl (C=O) groups excluding carboxylic acids is 2. The highest BCUT2D eigenvalue weighted by Crippen LogP contribution is 2.23. The number of hydrogen-bond acceptors (Lipinski definition) is 4. The Balaban J connectivity index is 2.19.